The van der Waals surface area contributed by atoms with E-state index in [1.807, 2.05) is 0 Å². The fourth-order valence-corrected chi connectivity index (χ4v) is 1.93. The Morgan fingerprint density at radius 1 is 1.33 bits per heavy atom. The number of hydrogen-bond acceptors (Lipinski definition) is 4. The summed E-state index contributed by atoms with van der Waals surface area (Å²) < 4.78 is 19.4. The molecular weight excluding hydrogens is 277 g/mol. The predicted octanol–water partition coefficient (Wildman–Crippen LogP) is 3.89. The van der Waals surface area contributed by atoms with Crippen LogP contribution in [0.1, 0.15) is 24.2 Å². The molecule has 0 aliphatic rings. The van der Waals surface area contributed by atoms with E-state index in [4.69, 9.17) is 4.74 Å². The van der Waals surface area contributed by atoms with E-state index in [1.54, 1.807) is 13.0 Å². The molecule has 6 heteroatoms. The van der Waals surface area contributed by atoms with Crippen LogP contribution in [0.25, 0.3) is 0 Å². The summed E-state index contributed by atoms with van der Waals surface area (Å²) in [5.74, 6) is -0.386. The molecule has 2 rings (SSSR count). The van der Waals surface area contributed by atoms with Gasteiger partial charge in [-0.2, -0.15) is 0 Å². The van der Waals surface area contributed by atoms with Crippen molar-refractivity contribution < 1.29 is 19.2 Å². The van der Waals surface area contributed by atoms with Gasteiger partial charge in [-0.25, -0.2) is 4.39 Å². The summed E-state index contributed by atoms with van der Waals surface area (Å²) in [6.07, 6.45) is -0.894. The van der Waals surface area contributed by atoms with E-state index in [-0.39, 0.29) is 11.4 Å². The number of non-ortho nitro benzene ring substituents is 1. The highest BCUT2D eigenvalue weighted by Crippen LogP contribution is 2.34. The fraction of sp³-hybridized carbons (Fsp3) is 0.200. The molecule has 21 heavy (non-hydrogen) atoms. The van der Waals surface area contributed by atoms with Crippen LogP contribution in [0.15, 0.2) is 36.4 Å². The largest absolute Gasteiger partial charge is 0.454 e. The first-order chi connectivity index (χ1) is 9.90. The molecule has 0 bridgehead atoms. The zero-order chi connectivity index (χ0) is 15.6. The summed E-state index contributed by atoms with van der Waals surface area (Å²) in [4.78, 5) is 10.2. The molecule has 0 aliphatic heterocycles. The SMILES string of the molecule is Cc1cc([N+](=O)[O-])ccc1Oc1c(F)cccc1[C@@H](C)O. The lowest BCUT2D eigenvalue weighted by atomic mass is 10.1. The summed E-state index contributed by atoms with van der Waals surface area (Å²) in [6, 6.07) is 8.30. The third-order valence-corrected chi connectivity index (χ3v) is 3.03. The molecule has 0 heterocycles. The van der Waals surface area contributed by atoms with Crippen molar-refractivity contribution in [2.75, 3.05) is 0 Å². The Morgan fingerprint density at radius 2 is 2.05 bits per heavy atom. The molecule has 110 valence electrons. The lowest BCUT2D eigenvalue weighted by Crippen LogP contribution is -2.00. The highest BCUT2D eigenvalue weighted by molar-refractivity contribution is 5.47. The summed E-state index contributed by atoms with van der Waals surface area (Å²) >= 11 is 0. The average Bonchev–Trinajstić information content (AvgIpc) is 2.42. The summed E-state index contributed by atoms with van der Waals surface area (Å²) in [7, 11) is 0. The van der Waals surface area contributed by atoms with E-state index in [2.05, 4.69) is 0 Å². The number of nitro groups is 1. The molecule has 0 radical (unpaired) electrons. The Bertz CT molecular complexity index is 685. The normalized spacial score (nSPS) is 12.0. The molecule has 0 amide bonds. The Hall–Kier alpha value is -2.47. The van der Waals surface area contributed by atoms with Gasteiger partial charge in [-0.3, -0.25) is 10.1 Å². The molecule has 2 aromatic carbocycles. The van der Waals surface area contributed by atoms with Crippen LogP contribution in [-0.4, -0.2) is 10.0 Å². The third kappa shape index (κ3) is 3.17. The number of ether oxygens (including phenoxy) is 1. The number of para-hydroxylation sites is 1. The number of aliphatic hydroxyl groups excluding tert-OH is 1. The highest BCUT2D eigenvalue weighted by Gasteiger charge is 2.16. The topological polar surface area (TPSA) is 72.6 Å². The second-order valence-corrected chi connectivity index (χ2v) is 4.64. The molecule has 1 N–H and O–H groups in total. The molecule has 0 aliphatic carbocycles. The van der Waals surface area contributed by atoms with Crippen molar-refractivity contribution in [3.8, 4) is 11.5 Å². The van der Waals surface area contributed by atoms with Crippen LogP contribution >= 0.6 is 0 Å². The molecule has 0 unspecified atom stereocenters. The fourth-order valence-electron chi connectivity index (χ4n) is 1.93. The number of nitro benzene ring substituents is 1. The van der Waals surface area contributed by atoms with Gasteiger partial charge in [0.25, 0.3) is 5.69 Å². The standard InChI is InChI=1S/C15H14FNO4/c1-9-8-11(17(19)20)6-7-14(9)21-15-12(10(2)18)4-3-5-13(15)16/h3-8,10,18H,1-2H3/t10-/m1/s1. The van der Waals surface area contributed by atoms with Gasteiger partial charge in [-0.15, -0.1) is 0 Å². The van der Waals surface area contributed by atoms with Gasteiger partial charge in [0.1, 0.15) is 5.75 Å². The Labute approximate surface area is 120 Å². The van der Waals surface area contributed by atoms with Crippen LogP contribution in [0, 0.1) is 22.9 Å². The van der Waals surface area contributed by atoms with E-state index in [1.165, 1.54) is 37.3 Å². The van der Waals surface area contributed by atoms with Gasteiger partial charge < -0.3 is 9.84 Å². The monoisotopic (exact) mass is 291 g/mol. The third-order valence-electron chi connectivity index (χ3n) is 3.03. The van der Waals surface area contributed by atoms with Crippen molar-refractivity contribution >= 4 is 5.69 Å². The van der Waals surface area contributed by atoms with Gasteiger partial charge in [0.15, 0.2) is 11.6 Å². The minimum absolute atomic E-state index is 0.0656. The second kappa shape index (κ2) is 5.88. The van der Waals surface area contributed by atoms with Crippen molar-refractivity contribution in [1.82, 2.24) is 0 Å². The zero-order valence-electron chi connectivity index (χ0n) is 11.5. The van der Waals surface area contributed by atoms with E-state index < -0.39 is 16.8 Å². The van der Waals surface area contributed by atoms with E-state index >= 15 is 0 Å². The van der Waals surface area contributed by atoms with E-state index in [9.17, 15) is 19.6 Å². The molecule has 0 fully saturated rings. The van der Waals surface area contributed by atoms with E-state index in [0.29, 0.717) is 16.9 Å². The van der Waals surface area contributed by atoms with Crippen LogP contribution in [0.3, 0.4) is 0 Å². The molecule has 0 saturated heterocycles. The number of aryl methyl sites for hydroxylation is 1. The Kier molecular flexibility index (Phi) is 4.18. The number of nitrogens with zero attached hydrogens (tertiary/aromatic N) is 1. The molecule has 1 atom stereocenters. The number of halogens is 1. The van der Waals surface area contributed by atoms with Crippen molar-refractivity contribution in [2.45, 2.75) is 20.0 Å². The first-order valence-corrected chi connectivity index (χ1v) is 6.29. The summed E-state index contributed by atoms with van der Waals surface area (Å²) in [6.45, 7) is 3.13. The zero-order valence-corrected chi connectivity index (χ0v) is 11.5. The maximum atomic E-state index is 13.9. The van der Waals surface area contributed by atoms with Crippen LogP contribution in [0.4, 0.5) is 10.1 Å². The molecule has 0 saturated carbocycles. The van der Waals surface area contributed by atoms with Gasteiger partial charge in [-0.1, -0.05) is 12.1 Å². The van der Waals surface area contributed by atoms with Crippen LogP contribution in [-0.2, 0) is 0 Å². The Balaban J connectivity index is 2.41. The predicted molar refractivity (Wildman–Crippen MR) is 74.9 cm³/mol. The van der Waals surface area contributed by atoms with Crippen molar-refractivity contribution in [2.24, 2.45) is 0 Å². The van der Waals surface area contributed by atoms with Gasteiger partial charge in [0.2, 0.25) is 0 Å². The van der Waals surface area contributed by atoms with Crippen LogP contribution in [0.2, 0.25) is 0 Å². The minimum atomic E-state index is -0.894. The minimum Gasteiger partial charge on any atom is -0.454 e. The Morgan fingerprint density at radius 3 is 2.62 bits per heavy atom. The summed E-state index contributed by atoms with van der Waals surface area (Å²) in [5, 5.41) is 20.3. The van der Waals surface area contributed by atoms with Gasteiger partial charge in [-0.05, 0) is 31.5 Å². The second-order valence-electron chi connectivity index (χ2n) is 4.64. The van der Waals surface area contributed by atoms with E-state index in [0.717, 1.165) is 0 Å². The maximum Gasteiger partial charge on any atom is 0.269 e. The highest BCUT2D eigenvalue weighted by atomic mass is 19.1. The maximum absolute atomic E-state index is 13.9. The lowest BCUT2D eigenvalue weighted by molar-refractivity contribution is -0.384. The van der Waals surface area contributed by atoms with Gasteiger partial charge in [0, 0.05) is 17.7 Å². The lowest BCUT2D eigenvalue weighted by Gasteiger charge is -2.15. The molecule has 2 aromatic rings. The summed E-state index contributed by atoms with van der Waals surface area (Å²) in [5.41, 5.74) is 0.751. The quantitative estimate of drug-likeness (QED) is 0.685. The van der Waals surface area contributed by atoms with Crippen LogP contribution < -0.4 is 4.74 Å². The molecule has 0 aromatic heterocycles. The molecule has 0 spiro atoms. The number of hydrogen-bond donors (Lipinski definition) is 1. The molecular formula is C15H14FNO4. The van der Waals surface area contributed by atoms with Crippen molar-refractivity contribution in [1.29, 1.82) is 0 Å². The van der Waals surface area contributed by atoms with Gasteiger partial charge in [0.05, 0.1) is 11.0 Å². The van der Waals surface area contributed by atoms with Crippen molar-refractivity contribution in [3.63, 3.8) is 0 Å². The average molecular weight is 291 g/mol. The number of rotatable bonds is 4. The first kappa shape index (κ1) is 14.9. The van der Waals surface area contributed by atoms with Crippen molar-refractivity contribution in [3.05, 3.63) is 63.5 Å². The smallest absolute Gasteiger partial charge is 0.269 e. The molecule has 5 nitrogen and oxygen atoms in total. The number of benzene rings is 2. The first-order valence-electron chi connectivity index (χ1n) is 6.29. The van der Waals surface area contributed by atoms with Gasteiger partial charge >= 0.3 is 0 Å². The number of aliphatic hydroxyl groups is 1. The van der Waals surface area contributed by atoms with Crippen LogP contribution in [0.5, 0.6) is 11.5 Å².